The van der Waals surface area contributed by atoms with Crippen LogP contribution in [0.4, 0.5) is 13.2 Å². The predicted octanol–water partition coefficient (Wildman–Crippen LogP) is 1.59. The van der Waals surface area contributed by atoms with Gasteiger partial charge in [-0.25, -0.2) is 0 Å². The van der Waals surface area contributed by atoms with E-state index in [1.807, 2.05) is 0 Å². The molecule has 1 aliphatic carbocycles. The topological polar surface area (TPSA) is 64.3 Å². The van der Waals surface area contributed by atoms with Gasteiger partial charge in [-0.15, -0.1) is 0 Å². The zero-order valence-electron chi connectivity index (χ0n) is 11.0. The minimum absolute atomic E-state index is 0.0712. The summed E-state index contributed by atoms with van der Waals surface area (Å²) in [5.41, 5.74) is 5.64. The molecule has 4 nitrogen and oxygen atoms in total. The second kappa shape index (κ2) is 7.09. The van der Waals surface area contributed by atoms with E-state index in [4.69, 9.17) is 10.5 Å². The summed E-state index contributed by atoms with van der Waals surface area (Å²) in [7, 11) is 1.52. The highest BCUT2D eigenvalue weighted by molar-refractivity contribution is 5.81. The fourth-order valence-corrected chi connectivity index (χ4v) is 2.25. The molecule has 0 spiro atoms. The molecule has 7 heteroatoms. The van der Waals surface area contributed by atoms with E-state index in [2.05, 4.69) is 5.32 Å². The molecule has 0 saturated heterocycles. The van der Waals surface area contributed by atoms with Crippen molar-refractivity contribution in [3.8, 4) is 0 Å². The first-order valence-electron chi connectivity index (χ1n) is 6.46. The minimum atomic E-state index is -4.12. The number of carbonyl (C=O) groups is 1. The van der Waals surface area contributed by atoms with Crippen molar-refractivity contribution in [2.75, 3.05) is 13.7 Å². The number of halogens is 3. The summed E-state index contributed by atoms with van der Waals surface area (Å²) in [6.45, 7) is 0.384. The fraction of sp³-hybridized carbons (Fsp3) is 0.917. The average Bonchev–Trinajstić information content (AvgIpc) is 2.35. The first kappa shape index (κ1) is 16.2. The van der Waals surface area contributed by atoms with Gasteiger partial charge in [0.25, 0.3) is 0 Å². The largest absolute Gasteiger partial charge is 0.391 e. The van der Waals surface area contributed by atoms with E-state index in [0.29, 0.717) is 25.9 Å². The Balaban J connectivity index is 2.31. The van der Waals surface area contributed by atoms with E-state index < -0.39 is 18.1 Å². The third-order valence-corrected chi connectivity index (χ3v) is 3.51. The maximum absolute atomic E-state index is 12.5. The standard InChI is InChI=1S/C12H21F3N2O2/c1-19-7-6-10(16)11(18)17-9-4-2-8(3-5-9)12(13,14)15/h8-10H,2-7,16H2,1H3,(H,17,18). The molecule has 1 fully saturated rings. The van der Waals surface area contributed by atoms with Gasteiger partial charge in [-0.2, -0.15) is 13.2 Å². The first-order valence-corrected chi connectivity index (χ1v) is 6.46. The summed E-state index contributed by atoms with van der Waals surface area (Å²) in [6.07, 6.45) is -2.87. The number of amides is 1. The Morgan fingerprint density at radius 1 is 1.37 bits per heavy atom. The summed E-state index contributed by atoms with van der Waals surface area (Å²) in [4.78, 5) is 11.7. The van der Waals surface area contributed by atoms with Crippen LogP contribution in [0.1, 0.15) is 32.1 Å². The predicted molar refractivity (Wildman–Crippen MR) is 64.4 cm³/mol. The Kier molecular flexibility index (Phi) is 6.06. The van der Waals surface area contributed by atoms with Gasteiger partial charge in [-0.1, -0.05) is 0 Å². The van der Waals surface area contributed by atoms with Gasteiger partial charge in [0.1, 0.15) is 0 Å². The lowest BCUT2D eigenvalue weighted by Gasteiger charge is -2.30. The van der Waals surface area contributed by atoms with Crippen LogP contribution >= 0.6 is 0 Å². The van der Waals surface area contributed by atoms with Crippen molar-refractivity contribution in [3.63, 3.8) is 0 Å². The van der Waals surface area contributed by atoms with Crippen molar-refractivity contribution in [3.05, 3.63) is 0 Å². The highest BCUT2D eigenvalue weighted by Crippen LogP contribution is 2.37. The molecule has 1 rings (SSSR count). The van der Waals surface area contributed by atoms with Crippen LogP contribution in [0.2, 0.25) is 0 Å². The number of nitrogens with two attached hydrogens (primary N) is 1. The molecule has 0 aromatic heterocycles. The molecule has 1 atom stereocenters. The molecule has 19 heavy (non-hydrogen) atoms. The van der Waals surface area contributed by atoms with Crippen LogP contribution in [0.15, 0.2) is 0 Å². The Labute approximate surface area is 110 Å². The van der Waals surface area contributed by atoms with Crippen LogP contribution in [-0.4, -0.2) is 37.9 Å². The van der Waals surface area contributed by atoms with Crippen LogP contribution in [0, 0.1) is 5.92 Å². The van der Waals surface area contributed by atoms with Crippen LogP contribution in [0.25, 0.3) is 0 Å². The number of methoxy groups -OCH3 is 1. The van der Waals surface area contributed by atoms with E-state index in [1.165, 1.54) is 7.11 Å². The molecule has 0 aliphatic heterocycles. The van der Waals surface area contributed by atoms with Crippen molar-refractivity contribution in [2.24, 2.45) is 11.7 Å². The monoisotopic (exact) mass is 282 g/mol. The zero-order chi connectivity index (χ0) is 14.5. The van der Waals surface area contributed by atoms with Crippen molar-refractivity contribution in [2.45, 2.75) is 50.4 Å². The van der Waals surface area contributed by atoms with E-state index in [1.54, 1.807) is 0 Å². The van der Waals surface area contributed by atoms with Crippen molar-refractivity contribution in [1.29, 1.82) is 0 Å². The maximum Gasteiger partial charge on any atom is 0.391 e. The van der Waals surface area contributed by atoms with Crippen LogP contribution < -0.4 is 11.1 Å². The molecular weight excluding hydrogens is 261 g/mol. The molecule has 1 amide bonds. The lowest BCUT2D eigenvalue weighted by molar-refractivity contribution is -0.182. The number of ether oxygens (including phenoxy) is 1. The van der Waals surface area contributed by atoms with Gasteiger partial charge in [0, 0.05) is 19.8 Å². The summed E-state index contributed by atoms with van der Waals surface area (Å²) in [5.74, 6) is -1.55. The third kappa shape index (κ3) is 5.36. The van der Waals surface area contributed by atoms with Crippen LogP contribution in [0.5, 0.6) is 0 Å². The SMILES string of the molecule is COCCC(N)C(=O)NC1CCC(C(F)(F)F)CC1. The fourth-order valence-electron chi connectivity index (χ4n) is 2.25. The minimum Gasteiger partial charge on any atom is -0.385 e. The van der Waals surface area contributed by atoms with Gasteiger partial charge in [-0.05, 0) is 32.1 Å². The molecule has 3 N–H and O–H groups in total. The lowest BCUT2D eigenvalue weighted by Crippen LogP contribution is -2.47. The summed E-state index contributed by atoms with van der Waals surface area (Å²) >= 11 is 0. The van der Waals surface area contributed by atoms with Crippen molar-refractivity contribution in [1.82, 2.24) is 5.32 Å². The van der Waals surface area contributed by atoms with E-state index in [-0.39, 0.29) is 24.8 Å². The van der Waals surface area contributed by atoms with Gasteiger partial charge in [-0.3, -0.25) is 4.79 Å². The second-order valence-corrected chi connectivity index (χ2v) is 4.99. The number of hydrogen-bond acceptors (Lipinski definition) is 3. The second-order valence-electron chi connectivity index (χ2n) is 4.99. The highest BCUT2D eigenvalue weighted by atomic mass is 19.4. The molecule has 1 saturated carbocycles. The Morgan fingerprint density at radius 3 is 2.42 bits per heavy atom. The molecule has 0 heterocycles. The molecule has 0 aromatic rings. The van der Waals surface area contributed by atoms with E-state index in [9.17, 15) is 18.0 Å². The lowest BCUT2D eigenvalue weighted by atomic mass is 9.85. The number of nitrogens with one attached hydrogen (secondary N) is 1. The smallest absolute Gasteiger partial charge is 0.385 e. The van der Waals surface area contributed by atoms with Gasteiger partial charge in [0.05, 0.1) is 12.0 Å². The zero-order valence-corrected chi connectivity index (χ0v) is 11.0. The Bertz CT molecular complexity index is 289. The number of alkyl halides is 3. The third-order valence-electron chi connectivity index (χ3n) is 3.51. The Hall–Kier alpha value is -0.820. The average molecular weight is 282 g/mol. The molecular formula is C12H21F3N2O2. The van der Waals surface area contributed by atoms with Crippen LogP contribution in [0.3, 0.4) is 0 Å². The van der Waals surface area contributed by atoms with Gasteiger partial charge in [0.2, 0.25) is 5.91 Å². The summed E-state index contributed by atoms with van der Waals surface area (Å²) in [5, 5.41) is 2.71. The summed E-state index contributed by atoms with van der Waals surface area (Å²) in [6, 6.07) is -0.861. The van der Waals surface area contributed by atoms with Crippen molar-refractivity contribution >= 4 is 5.91 Å². The van der Waals surface area contributed by atoms with Gasteiger partial charge in [0.15, 0.2) is 0 Å². The molecule has 1 aliphatic rings. The maximum atomic E-state index is 12.5. The molecule has 112 valence electrons. The number of hydrogen-bond donors (Lipinski definition) is 2. The van der Waals surface area contributed by atoms with Gasteiger partial charge >= 0.3 is 6.18 Å². The molecule has 1 unspecified atom stereocenters. The summed E-state index contributed by atoms with van der Waals surface area (Å²) < 4.78 is 42.3. The van der Waals surface area contributed by atoms with Crippen molar-refractivity contribution < 1.29 is 22.7 Å². The molecule has 0 radical (unpaired) electrons. The molecule has 0 bridgehead atoms. The number of rotatable bonds is 5. The number of carbonyl (C=O) groups excluding carboxylic acids is 1. The normalized spacial score (nSPS) is 25.9. The van der Waals surface area contributed by atoms with Gasteiger partial charge < -0.3 is 15.8 Å². The quantitative estimate of drug-likeness (QED) is 0.805. The highest BCUT2D eigenvalue weighted by Gasteiger charge is 2.41. The van der Waals surface area contributed by atoms with Crippen LogP contribution in [-0.2, 0) is 9.53 Å². The van der Waals surface area contributed by atoms with E-state index >= 15 is 0 Å². The first-order chi connectivity index (χ1) is 8.84. The Morgan fingerprint density at radius 2 is 1.95 bits per heavy atom. The van der Waals surface area contributed by atoms with E-state index in [0.717, 1.165) is 0 Å². The molecule has 0 aromatic carbocycles.